The first-order valence-corrected chi connectivity index (χ1v) is 9.65. The van der Waals surface area contributed by atoms with Crippen LogP contribution in [0.1, 0.15) is 16.3 Å². The number of thiazole rings is 1. The molecule has 0 saturated heterocycles. The van der Waals surface area contributed by atoms with Crippen molar-refractivity contribution in [3.8, 4) is 10.4 Å². The van der Waals surface area contributed by atoms with Crippen molar-refractivity contribution in [3.63, 3.8) is 0 Å². The van der Waals surface area contributed by atoms with Gasteiger partial charge in [0.15, 0.2) is 11.6 Å². The number of fused-ring (bicyclic) bond motifs is 2. The van der Waals surface area contributed by atoms with E-state index in [9.17, 15) is 8.78 Å². The summed E-state index contributed by atoms with van der Waals surface area (Å²) in [6, 6.07) is 4.41. The van der Waals surface area contributed by atoms with Gasteiger partial charge in [-0.1, -0.05) is 0 Å². The molecular weight excluding hydrogens is 380 g/mol. The Morgan fingerprint density at radius 2 is 1.86 bits per heavy atom. The van der Waals surface area contributed by atoms with Gasteiger partial charge in [-0.15, -0.1) is 11.3 Å². The van der Waals surface area contributed by atoms with Crippen LogP contribution in [0.25, 0.3) is 21.3 Å². The van der Waals surface area contributed by atoms with Gasteiger partial charge in [0.05, 0.1) is 15.4 Å². The molecule has 4 heterocycles. The molecule has 0 unspecified atom stereocenters. The maximum Gasteiger partial charge on any atom is 0.161 e. The summed E-state index contributed by atoms with van der Waals surface area (Å²) in [5.74, 6) is -1.20. The fraction of sp³-hybridized carbons (Fsp3) is 0.200. The van der Waals surface area contributed by atoms with Crippen LogP contribution >= 0.6 is 11.3 Å². The minimum absolute atomic E-state index is 0.390. The Bertz CT molecular complexity index is 1210. The van der Waals surface area contributed by atoms with E-state index in [1.807, 2.05) is 19.3 Å². The second-order valence-corrected chi connectivity index (χ2v) is 7.96. The number of nitrogens with zero attached hydrogens (tertiary/aromatic N) is 5. The highest BCUT2D eigenvalue weighted by Gasteiger charge is 2.22. The summed E-state index contributed by atoms with van der Waals surface area (Å²) in [4.78, 5) is 20.5. The van der Waals surface area contributed by atoms with E-state index in [1.54, 1.807) is 11.3 Å². The van der Waals surface area contributed by atoms with E-state index >= 15 is 0 Å². The molecule has 1 aromatic carbocycles. The summed E-state index contributed by atoms with van der Waals surface area (Å²) in [5, 5.41) is 1.52. The van der Waals surface area contributed by atoms with Crippen LogP contribution in [-0.4, -0.2) is 26.5 Å². The summed E-state index contributed by atoms with van der Waals surface area (Å²) in [7, 11) is 0. The molecule has 0 aliphatic carbocycles. The van der Waals surface area contributed by atoms with Crippen LogP contribution in [0.5, 0.6) is 0 Å². The van der Waals surface area contributed by atoms with Gasteiger partial charge in [0.25, 0.3) is 0 Å². The number of halogens is 2. The van der Waals surface area contributed by atoms with Crippen LogP contribution in [0.15, 0.2) is 36.9 Å². The highest BCUT2D eigenvalue weighted by molar-refractivity contribution is 7.15. The molecule has 8 heteroatoms. The Kier molecular flexibility index (Phi) is 4.01. The fourth-order valence-electron chi connectivity index (χ4n) is 3.53. The van der Waals surface area contributed by atoms with Gasteiger partial charge < -0.3 is 4.90 Å². The smallest absolute Gasteiger partial charge is 0.161 e. The molecule has 1 aliphatic rings. The molecular formula is C20H15F2N5S. The molecule has 3 aromatic heterocycles. The van der Waals surface area contributed by atoms with Crippen molar-refractivity contribution in [1.82, 2.24) is 19.9 Å². The van der Waals surface area contributed by atoms with Crippen LogP contribution in [0.2, 0.25) is 0 Å². The zero-order chi connectivity index (χ0) is 19.3. The van der Waals surface area contributed by atoms with E-state index in [-0.39, 0.29) is 0 Å². The number of hydrogen-bond acceptors (Lipinski definition) is 6. The first-order chi connectivity index (χ1) is 13.6. The molecule has 0 spiro atoms. The lowest BCUT2D eigenvalue weighted by atomic mass is 10.0. The Hall–Kier alpha value is -3.00. The highest BCUT2D eigenvalue weighted by Crippen LogP contribution is 2.32. The largest absolute Gasteiger partial charge is 0.351 e. The molecule has 4 aromatic rings. The van der Waals surface area contributed by atoms with E-state index in [4.69, 9.17) is 0 Å². The number of aromatic nitrogens is 4. The first kappa shape index (κ1) is 17.1. The summed E-state index contributed by atoms with van der Waals surface area (Å²) in [6.07, 6.45) is 5.89. The van der Waals surface area contributed by atoms with Crippen molar-refractivity contribution in [2.24, 2.45) is 0 Å². The number of rotatable bonds is 2. The molecule has 0 amide bonds. The standard InChI is InChI=1S/C20H15F2N5S/c1-11-23-8-19(28-11)12-4-13-9-27(3-2-17(13)24-7-12)20-14-5-15(21)16(22)6-18(14)25-10-26-20/h4-8,10H,2-3,9H2,1H3. The van der Waals surface area contributed by atoms with Crippen molar-refractivity contribution >= 4 is 28.1 Å². The van der Waals surface area contributed by atoms with Crippen molar-refractivity contribution in [2.75, 3.05) is 11.4 Å². The lowest BCUT2D eigenvalue weighted by Gasteiger charge is -2.30. The molecule has 5 rings (SSSR count). The third-order valence-electron chi connectivity index (χ3n) is 4.90. The van der Waals surface area contributed by atoms with Crippen molar-refractivity contribution < 1.29 is 8.78 Å². The third-order valence-corrected chi connectivity index (χ3v) is 5.86. The average molecular weight is 395 g/mol. The van der Waals surface area contributed by atoms with E-state index in [1.165, 1.54) is 12.4 Å². The van der Waals surface area contributed by atoms with Gasteiger partial charge in [-0.05, 0) is 24.6 Å². The minimum Gasteiger partial charge on any atom is -0.351 e. The van der Waals surface area contributed by atoms with Gasteiger partial charge in [0.2, 0.25) is 0 Å². The van der Waals surface area contributed by atoms with E-state index in [2.05, 4.69) is 30.9 Å². The van der Waals surface area contributed by atoms with Gasteiger partial charge in [0.1, 0.15) is 12.1 Å². The average Bonchev–Trinajstić information content (AvgIpc) is 3.14. The molecule has 5 nitrogen and oxygen atoms in total. The molecule has 28 heavy (non-hydrogen) atoms. The molecule has 0 saturated carbocycles. The topological polar surface area (TPSA) is 54.8 Å². The molecule has 0 radical (unpaired) electrons. The predicted octanol–water partition coefficient (Wildman–Crippen LogP) is 4.30. The van der Waals surface area contributed by atoms with Gasteiger partial charge >= 0.3 is 0 Å². The maximum absolute atomic E-state index is 13.8. The van der Waals surface area contributed by atoms with Crippen LogP contribution in [0, 0.1) is 18.6 Å². The third kappa shape index (κ3) is 2.90. The zero-order valence-corrected chi connectivity index (χ0v) is 15.8. The summed E-state index contributed by atoms with van der Waals surface area (Å²) in [5.41, 5.74) is 3.58. The number of aryl methyl sites for hydroxylation is 1. The molecule has 1 aliphatic heterocycles. The molecule has 140 valence electrons. The first-order valence-electron chi connectivity index (χ1n) is 8.84. The second-order valence-electron chi connectivity index (χ2n) is 6.73. The van der Waals surface area contributed by atoms with Gasteiger partial charge in [-0.2, -0.15) is 0 Å². The quantitative estimate of drug-likeness (QED) is 0.507. The highest BCUT2D eigenvalue weighted by atomic mass is 32.1. The van der Waals surface area contributed by atoms with E-state index < -0.39 is 11.6 Å². The number of anilines is 1. The van der Waals surface area contributed by atoms with Crippen LogP contribution < -0.4 is 4.90 Å². The van der Waals surface area contributed by atoms with Gasteiger partial charge in [0, 0.05) is 54.6 Å². The van der Waals surface area contributed by atoms with E-state index in [0.717, 1.165) is 39.2 Å². The van der Waals surface area contributed by atoms with Crippen LogP contribution in [0.3, 0.4) is 0 Å². The SMILES string of the molecule is Cc1ncc(-c2cnc3c(c2)CN(c2ncnc4cc(F)c(F)cc24)CC3)s1. The van der Waals surface area contributed by atoms with Crippen molar-refractivity contribution in [3.05, 3.63) is 64.8 Å². The molecule has 0 bridgehead atoms. The van der Waals surface area contributed by atoms with E-state index in [0.29, 0.717) is 29.8 Å². The Balaban J connectivity index is 1.54. The predicted molar refractivity (Wildman–Crippen MR) is 104 cm³/mol. The summed E-state index contributed by atoms with van der Waals surface area (Å²) in [6.45, 7) is 3.27. The fourth-order valence-corrected chi connectivity index (χ4v) is 4.28. The molecule has 0 atom stereocenters. The van der Waals surface area contributed by atoms with Crippen LogP contribution in [-0.2, 0) is 13.0 Å². The molecule has 0 N–H and O–H groups in total. The summed E-state index contributed by atoms with van der Waals surface area (Å²) < 4.78 is 27.4. The van der Waals surface area contributed by atoms with Crippen molar-refractivity contribution in [1.29, 1.82) is 0 Å². The number of pyridine rings is 1. The minimum atomic E-state index is -0.908. The van der Waals surface area contributed by atoms with Gasteiger partial charge in [-0.3, -0.25) is 4.98 Å². The van der Waals surface area contributed by atoms with Crippen LogP contribution in [0.4, 0.5) is 14.6 Å². The maximum atomic E-state index is 13.8. The lowest BCUT2D eigenvalue weighted by Crippen LogP contribution is -2.31. The number of hydrogen-bond donors (Lipinski definition) is 0. The van der Waals surface area contributed by atoms with Crippen molar-refractivity contribution in [2.45, 2.75) is 19.9 Å². The Morgan fingerprint density at radius 3 is 2.68 bits per heavy atom. The lowest BCUT2D eigenvalue weighted by molar-refractivity contribution is 0.510. The number of benzene rings is 1. The normalized spacial score (nSPS) is 13.8. The second kappa shape index (κ2) is 6.56. The summed E-state index contributed by atoms with van der Waals surface area (Å²) >= 11 is 1.63. The van der Waals surface area contributed by atoms with Gasteiger partial charge in [-0.25, -0.2) is 23.7 Å². The molecule has 0 fully saturated rings. The zero-order valence-electron chi connectivity index (χ0n) is 15.0. The monoisotopic (exact) mass is 395 g/mol. The Morgan fingerprint density at radius 1 is 1.00 bits per heavy atom. The Labute approximate surface area is 163 Å².